The first-order valence-electron chi connectivity index (χ1n) is 4.00. The van der Waals surface area contributed by atoms with E-state index in [4.69, 9.17) is 5.11 Å². The number of hydrogen-bond acceptors (Lipinski definition) is 1. The van der Waals surface area contributed by atoms with Crippen LogP contribution in [0.1, 0.15) is 5.56 Å². The van der Waals surface area contributed by atoms with E-state index in [9.17, 15) is 13.6 Å². The molecule has 14 heavy (non-hydrogen) atoms. The van der Waals surface area contributed by atoms with Gasteiger partial charge in [0.05, 0.1) is 0 Å². The molecule has 0 heterocycles. The summed E-state index contributed by atoms with van der Waals surface area (Å²) in [6.07, 6.45) is -0.953. The number of rotatable bonds is 3. The monoisotopic (exact) mass is 201 g/mol. The molecule has 1 aromatic rings. The third-order valence-corrected chi connectivity index (χ3v) is 1.69. The summed E-state index contributed by atoms with van der Waals surface area (Å²) in [5.41, 5.74) is 0.292. The van der Waals surface area contributed by atoms with Crippen LogP contribution in [-0.2, 0) is 6.42 Å². The molecule has 0 bridgehead atoms. The van der Waals surface area contributed by atoms with Gasteiger partial charge in [-0.1, -0.05) is 6.07 Å². The van der Waals surface area contributed by atoms with Gasteiger partial charge in [-0.25, -0.2) is 13.6 Å². The number of benzene rings is 1. The van der Waals surface area contributed by atoms with Crippen LogP contribution in [0.4, 0.5) is 13.6 Å². The van der Waals surface area contributed by atoms with Crippen molar-refractivity contribution in [3.63, 3.8) is 0 Å². The average Bonchev–Trinajstić information content (AvgIpc) is 2.08. The second-order valence-electron chi connectivity index (χ2n) is 2.72. The Balaban J connectivity index is 2.55. The highest BCUT2D eigenvalue weighted by atomic mass is 19.1. The Kier molecular flexibility index (Phi) is 3.39. The molecular formula is C9H9F2NO2. The molecule has 1 aromatic carbocycles. The zero-order valence-electron chi connectivity index (χ0n) is 7.26. The van der Waals surface area contributed by atoms with Crippen LogP contribution in [-0.4, -0.2) is 17.7 Å². The standard InChI is InChI=1S/C9H9F2NO2/c10-7-2-1-6(8(11)5-7)3-4-12-9(13)14/h1-2,5,12H,3-4H2,(H,13,14). The quantitative estimate of drug-likeness (QED) is 0.783. The van der Waals surface area contributed by atoms with Gasteiger partial charge in [-0.3, -0.25) is 0 Å². The zero-order valence-corrected chi connectivity index (χ0v) is 7.26. The number of amides is 1. The normalized spacial score (nSPS) is 9.86. The predicted molar refractivity (Wildman–Crippen MR) is 46.1 cm³/mol. The minimum atomic E-state index is -1.16. The molecule has 5 heteroatoms. The van der Waals surface area contributed by atoms with Crippen LogP contribution in [0.15, 0.2) is 18.2 Å². The summed E-state index contributed by atoms with van der Waals surface area (Å²) >= 11 is 0. The van der Waals surface area contributed by atoms with Gasteiger partial charge in [0.2, 0.25) is 0 Å². The minimum Gasteiger partial charge on any atom is -0.465 e. The molecule has 0 aliphatic carbocycles. The highest BCUT2D eigenvalue weighted by Crippen LogP contribution is 2.09. The third-order valence-electron chi connectivity index (χ3n) is 1.69. The molecule has 76 valence electrons. The number of nitrogens with one attached hydrogen (secondary N) is 1. The number of carboxylic acid groups (broad SMARTS) is 1. The van der Waals surface area contributed by atoms with Crippen molar-refractivity contribution in [1.29, 1.82) is 0 Å². The molecule has 0 aliphatic rings. The van der Waals surface area contributed by atoms with Gasteiger partial charge >= 0.3 is 6.09 Å². The average molecular weight is 201 g/mol. The first kappa shape index (κ1) is 10.4. The van der Waals surface area contributed by atoms with E-state index in [1.807, 2.05) is 0 Å². The SMILES string of the molecule is O=C(O)NCCc1ccc(F)cc1F. The highest BCUT2D eigenvalue weighted by molar-refractivity contribution is 5.64. The highest BCUT2D eigenvalue weighted by Gasteiger charge is 2.03. The molecule has 2 N–H and O–H groups in total. The smallest absolute Gasteiger partial charge is 0.404 e. The summed E-state index contributed by atoms with van der Waals surface area (Å²) < 4.78 is 25.4. The Morgan fingerprint density at radius 3 is 2.71 bits per heavy atom. The summed E-state index contributed by atoms with van der Waals surface area (Å²) in [7, 11) is 0. The molecular weight excluding hydrogens is 192 g/mol. The summed E-state index contributed by atoms with van der Waals surface area (Å²) in [6.45, 7) is 0.109. The first-order valence-corrected chi connectivity index (χ1v) is 4.00. The van der Waals surface area contributed by atoms with E-state index in [1.54, 1.807) is 0 Å². The topological polar surface area (TPSA) is 49.3 Å². The van der Waals surface area contributed by atoms with E-state index in [0.717, 1.165) is 12.1 Å². The van der Waals surface area contributed by atoms with Crippen molar-refractivity contribution in [2.45, 2.75) is 6.42 Å². The zero-order chi connectivity index (χ0) is 10.6. The maximum absolute atomic E-state index is 13.0. The third kappa shape index (κ3) is 3.01. The summed E-state index contributed by atoms with van der Waals surface area (Å²) in [4.78, 5) is 10.1. The van der Waals surface area contributed by atoms with Crippen molar-refractivity contribution in [3.8, 4) is 0 Å². The minimum absolute atomic E-state index is 0.109. The lowest BCUT2D eigenvalue weighted by Crippen LogP contribution is -2.23. The van der Waals surface area contributed by atoms with Gasteiger partial charge in [0.1, 0.15) is 11.6 Å². The van der Waals surface area contributed by atoms with Crippen LogP contribution < -0.4 is 5.32 Å². The van der Waals surface area contributed by atoms with Crippen molar-refractivity contribution in [3.05, 3.63) is 35.4 Å². The molecule has 0 spiro atoms. The van der Waals surface area contributed by atoms with Gasteiger partial charge in [-0.05, 0) is 18.1 Å². The lowest BCUT2D eigenvalue weighted by Gasteiger charge is -2.02. The molecule has 0 radical (unpaired) electrons. The summed E-state index contributed by atoms with van der Waals surface area (Å²) in [5, 5.41) is 10.3. The fraction of sp³-hybridized carbons (Fsp3) is 0.222. The lowest BCUT2D eigenvalue weighted by molar-refractivity contribution is 0.194. The van der Waals surface area contributed by atoms with E-state index in [2.05, 4.69) is 5.32 Å². The van der Waals surface area contributed by atoms with Gasteiger partial charge in [0, 0.05) is 12.6 Å². The summed E-state index contributed by atoms with van der Waals surface area (Å²) in [5.74, 6) is -1.30. The number of halogens is 2. The Labute approximate surface area is 79.4 Å². The Hall–Kier alpha value is -1.65. The van der Waals surface area contributed by atoms with Gasteiger partial charge in [0.25, 0.3) is 0 Å². The van der Waals surface area contributed by atoms with E-state index in [-0.39, 0.29) is 13.0 Å². The van der Waals surface area contributed by atoms with Crippen molar-refractivity contribution in [1.82, 2.24) is 5.32 Å². The van der Waals surface area contributed by atoms with Crippen molar-refractivity contribution in [2.24, 2.45) is 0 Å². The summed E-state index contributed by atoms with van der Waals surface area (Å²) in [6, 6.07) is 3.21. The first-order chi connectivity index (χ1) is 6.59. The molecule has 0 atom stereocenters. The Morgan fingerprint density at radius 2 is 2.14 bits per heavy atom. The van der Waals surface area contributed by atoms with Crippen molar-refractivity contribution < 1.29 is 18.7 Å². The molecule has 0 fully saturated rings. The van der Waals surface area contributed by atoms with Gasteiger partial charge in [-0.15, -0.1) is 0 Å². The Bertz CT molecular complexity index is 342. The predicted octanol–water partition coefficient (Wildman–Crippen LogP) is 1.77. The van der Waals surface area contributed by atoms with Crippen LogP contribution in [0.5, 0.6) is 0 Å². The fourth-order valence-corrected chi connectivity index (χ4v) is 1.03. The molecule has 1 amide bonds. The van der Waals surface area contributed by atoms with Crippen molar-refractivity contribution in [2.75, 3.05) is 6.54 Å². The van der Waals surface area contributed by atoms with E-state index >= 15 is 0 Å². The van der Waals surface area contributed by atoms with Gasteiger partial charge in [-0.2, -0.15) is 0 Å². The van der Waals surface area contributed by atoms with E-state index in [1.165, 1.54) is 6.07 Å². The van der Waals surface area contributed by atoms with Crippen molar-refractivity contribution >= 4 is 6.09 Å². The lowest BCUT2D eigenvalue weighted by atomic mass is 10.1. The maximum Gasteiger partial charge on any atom is 0.404 e. The van der Waals surface area contributed by atoms with E-state index < -0.39 is 17.7 Å². The Morgan fingerprint density at radius 1 is 1.43 bits per heavy atom. The van der Waals surface area contributed by atoms with Crippen LogP contribution in [0.25, 0.3) is 0 Å². The van der Waals surface area contributed by atoms with Crippen LogP contribution >= 0.6 is 0 Å². The molecule has 0 unspecified atom stereocenters. The van der Waals surface area contributed by atoms with Crippen LogP contribution in [0.3, 0.4) is 0 Å². The molecule has 1 rings (SSSR count). The van der Waals surface area contributed by atoms with Crippen LogP contribution in [0.2, 0.25) is 0 Å². The number of carbonyl (C=O) groups is 1. The largest absolute Gasteiger partial charge is 0.465 e. The second-order valence-corrected chi connectivity index (χ2v) is 2.72. The van der Waals surface area contributed by atoms with Gasteiger partial charge in [0.15, 0.2) is 0 Å². The molecule has 0 aliphatic heterocycles. The van der Waals surface area contributed by atoms with Gasteiger partial charge < -0.3 is 10.4 Å². The molecule has 0 aromatic heterocycles. The maximum atomic E-state index is 13.0. The molecule has 0 saturated carbocycles. The molecule has 0 saturated heterocycles. The van der Waals surface area contributed by atoms with E-state index in [0.29, 0.717) is 5.56 Å². The molecule has 3 nitrogen and oxygen atoms in total. The fourth-order valence-electron chi connectivity index (χ4n) is 1.03. The number of hydrogen-bond donors (Lipinski definition) is 2. The second kappa shape index (κ2) is 4.55. The van der Waals surface area contributed by atoms with Crippen LogP contribution in [0, 0.1) is 11.6 Å².